The van der Waals surface area contributed by atoms with Crippen LogP contribution in [0.3, 0.4) is 0 Å². The Morgan fingerprint density at radius 3 is 2.75 bits per heavy atom. The topological polar surface area (TPSA) is 16.1 Å². The van der Waals surface area contributed by atoms with Crippen molar-refractivity contribution in [3.05, 3.63) is 83.5 Å². The normalized spacial score (nSPS) is 15.5. The van der Waals surface area contributed by atoms with Gasteiger partial charge in [0.15, 0.2) is 0 Å². The fourth-order valence-corrected chi connectivity index (χ4v) is 4.05. The van der Waals surface area contributed by atoms with E-state index in [0.717, 1.165) is 17.8 Å². The summed E-state index contributed by atoms with van der Waals surface area (Å²) in [6.07, 6.45) is 6.33. The number of hydrogen-bond donors (Lipinski definition) is 0. The van der Waals surface area contributed by atoms with Crippen molar-refractivity contribution >= 4 is 34.4 Å². The van der Waals surface area contributed by atoms with E-state index in [9.17, 15) is 0 Å². The largest absolute Gasteiger partial charge is 0.335 e. The molecule has 0 spiro atoms. The zero-order valence-corrected chi connectivity index (χ0v) is 14.3. The lowest BCUT2D eigenvalue weighted by Crippen LogP contribution is -2.16. The second kappa shape index (κ2) is 6.54. The van der Waals surface area contributed by atoms with E-state index in [4.69, 9.17) is 0 Å². The molecule has 0 aliphatic carbocycles. The van der Waals surface area contributed by atoms with Crippen LogP contribution in [0.1, 0.15) is 12.6 Å². The van der Waals surface area contributed by atoms with Crippen molar-refractivity contribution in [2.45, 2.75) is 11.8 Å². The molecule has 0 atom stereocenters. The molecule has 3 heteroatoms. The molecule has 4 rings (SSSR count). The van der Waals surface area contributed by atoms with Gasteiger partial charge in [-0.1, -0.05) is 54.2 Å². The van der Waals surface area contributed by atoms with E-state index in [2.05, 4.69) is 77.5 Å². The van der Waals surface area contributed by atoms with E-state index < -0.39 is 0 Å². The highest BCUT2D eigenvalue weighted by Gasteiger charge is 2.22. The first-order valence-corrected chi connectivity index (χ1v) is 8.95. The molecule has 2 nitrogen and oxygen atoms in total. The maximum absolute atomic E-state index is 4.68. The first kappa shape index (κ1) is 15.0. The average Bonchev–Trinajstić information content (AvgIpc) is 2.99. The summed E-state index contributed by atoms with van der Waals surface area (Å²) in [5.74, 6) is 0. The summed E-state index contributed by atoms with van der Waals surface area (Å²) >= 11 is 1.82. The van der Waals surface area contributed by atoms with E-state index in [1.54, 1.807) is 0 Å². The van der Waals surface area contributed by atoms with Gasteiger partial charge in [-0.05, 0) is 43.3 Å². The van der Waals surface area contributed by atoms with Crippen LogP contribution in [0.5, 0.6) is 0 Å². The third-order valence-electron chi connectivity index (χ3n) is 4.08. The molecule has 0 unspecified atom stereocenters. The number of pyridine rings is 1. The second-order valence-electron chi connectivity index (χ2n) is 5.61. The number of fused-ring (bicyclic) bond motifs is 2. The van der Waals surface area contributed by atoms with Gasteiger partial charge in [0.1, 0.15) is 0 Å². The summed E-state index contributed by atoms with van der Waals surface area (Å²) in [5.41, 5.74) is 3.31. The molecule has 24 heavy (non-hydrogen) atoms. The molecule has 3 aromatic rings. The van der Waals surface area contributed by atoms with E-state index in [1.165, 1.54) is 21.0 Å². The molecular formula is C21H18N2S. The van der Waals surface area contributed by atoms with Crippen LogP contribution >= 0.6 is 11.8 Å². The Bertz CT molecular complexity index is 943. The zero-order valence-electron chi connectivity index (χ0n) is 13.5. The van der Waals surface area contributed by atoms with Gasteiger partial charge in [-0.25, -0.2) is 4.98 Å². The van der Waals surface area contributed by atoms with E-state index in [1.807, 2.05) is 30.0 Å². The number of thioether (sulfide) groups is 1. The minimum absolute atomic E-state index is 0.970. The van der Waals surface area contributed by atoms with Crippen molar-refractivity contribution in [1.29, 1.82) is 0 Å². The molecule has 2 heterocycles. The number of anilines is 1. The van der Waals surface area contributed by atoms with Crippen molar-refractivity contribution in [2.75, 3.05) is 11.4 Å². The Morgan fingerprint density at radius 1 is 1.00 bits per heavy atom. The molecule has 118 valence electrons. The van der Waals surface area contributed by atoms with Crippen molar-refractivity contribution in [1.82, 2.24) is 4.98 Å². The minimum Gasteiger partial charge on any atom is -0.335 e. The van der Waals surface area contributed by atoms with Crippen LogP contribution in [0.4, 0.5) is 5.69 Å². The monoisotopic (exact) mass is 330 g/mol. The van der Waals surface area contributed by atoms with Gasteiger partial charge in [0.2, 0.25) is 0 Å². The Kier molecular flexibility index (Phi) is 4.09. The number of allylic oxidation sites excluding steroid dienone is 2. The number of nitrogens with zero attached hydrogens (tertiary/aromatic N) is 2. The number of hydrogen-bond acceptors (Lipinski definition) is 3. The van der Waals surface area contributed by atoms with Gasteiger partial charge < -0.3 is 4.90 Å². The highest BCUT2D eigenvalue weighted by molar-refractivity contribution is 8.03. The minimum atomic E-state index is 0.970. The summed E-state index contributed by atoms with van der Waals surface area (Å²) < 4.78 is 0. The summed E-state index contributed by atoms with van der Waals surface area (Å²) in [6, 6.07) is 20.9. The van der Waals surface area contributed by atoms with E-state index >= 15 is 0 Å². The maximum Gasteiger partial charge on any atom is 0.0801 e. The lowest BCUT2D eigenvalue weighted by atomic mass is 10.2. The first-order valence-electron chi connectivity index (χ1n) is 8.14. The Morgan fingerprint density at radius 2 is 1.83 bits per heavy atom. The van der Waals surface area contributed by atoms with Crippen molar-refractivity contribution in [3.8, 4) is 0 Å². The smallest absolute Gasteiger partial charge is 0.0801 e. The molecule has 0 bridgehead atoms. The molecule has 0 saturated heterocycles. The highest BCUT2D eigenvalue weighted by atomic mass is 32.2. The van der Waals surface area contributed by atoms with Crippen LogP contribution in [-0.4, -0.2) is 11.5 Å². The standard InChI is InChI=1S/C21H18N2S/c1-2-23-19-11-5-6-12-20(19)24-21(23)13-7-9-17-15-14-16-8-3-4-10-18(16)22-17/h3-15H,2H2,1H3. The predicted octanol–water partition coefficient (Wildman–Crippen LogP) is 5.72. The Hall–Kier alpha value is -2.52. The quantitative estimate of drug-likeness (QED) is 0.611. The third-order valence-corrected chi connectivity index (χ3v) is 5.21. The Labute approximate surface area is 146 Å². The van der Waals surface area contributed by atoms with Crippen molar-refractivity contribution in [2.24, 2.45) is 0 Å². The van der Waals surface area contributed by atoms with Gasteiger partial charge in [0.05, 0.1) is 21.9 Å². The summed E-state index contributed by atoms with van der Waals surface area (Å²) in [6.45, 7) is 3.16. The highest BCUT2D eigenvalue weighted by Crippen LogP contribution is 2.45. The fraction of sp³-hybridized carbons (Fsp3) is 0.0952. The summed E-state index contributed by atoms with van der Waals surface area (Å²) in [7, 11) is 0. The SMILES string of the molecule is CCN1C(=CC=Cc2ccc3ccccc3n2)Sc2ccccc21. The van der Waals surface area contributed by atoms with Crippen LogP contribution in [-0.2, 0) is 0 Å². The van der Waals surface area contributed by atoms with Gasteiger partial charge in [-0.15, -0.1) is 0 Å². The van der Waals surface area contributed by atoms with Gasteiger partial charge in [-0.3, -0.25) is 0 Å². The fourth-order valence-electron chi connectivity index (χ4n) is 2.91. The summed E-state index contributed by atoms with van der Waals surface area (Å²) in [5, 5.41) is 2.43. The average molecular weight is 330 g/mol. The van der Waals surface area contributed by atoms with Crippen LogP contribution in [0.2, 0.25) is 0 Å². The van der Waals surface area contributed by atoms with Gasteiger partial charge in [0, 0.05) is 16.8 Å². The number of benzene rings is 2. The predicted molar refractivity (Wildman–Crippen MR) is 104 cm³/mol. The molecular weight excluding hydrogens is 312 g/mol. The number of para-hydroxylation sites is 2. The number of aromatic nitrogens is 1. The molecule has 0 saturated carbocycles. The molecule has 0 radical (unpaired) electrons. The van der Waals surface area contributed by atoms with Crippen LogP contribution in [0.25, 0.3) is 17.0 Å². The summed E-state index contributed by atoms with van der Waals surface area (Å²) in [4.78, 5) is 8.35. The first-order chi connectivity index (χ1) is 11.8. The van der Waals surface area contributed by atoms with Crippen LogP contribution in [0.15, 0.2) is 82.7 Å². The van der Waals surface area contributed by atoms with Crippen molar-refractivity contribution < 1.29 is 0 Å². The lowest BCUT2D eigenvalue weighted by Gasteiger charge is -2.17. The van der Waals surface area contributed by atoms with Gasteiger partial charge in [0.25, 0.3) is 0 Å². The molecule has 0 amide bonds. The van der Waals surface area contributed by atoms with E-state index in [0.29, 0.717) is 0 Å². The van der Waals surface area contributed by atoms with Crippen LogP contribution < -0.4 is 4.90 Å². The third kappa shape index (κ3) is 2.83. The molecule has 2 aromatic carbocycles. The van der Waals surface area contributed by atoms with Gasteiger partial charge in [-0.2, -0.15) is 0 Å². The second-order valence-corrected chi connectivity index (χ2v) is 6.67. The molecule has 0 fully saturated rings. The molecule has 1 aliphatic rings. The number of rotatable bonds is 3. The maximum atomic E-state index is 4.68. The lowest BCUT2D eigenvalue weighted by molar-refractivity contribution is 1.00. The molecule has 0 N–H and O–H groups in total. The van der Waals surface area contributed by atoms with Crippen molar-refractivity contribution in [3.63, 3.8) is 0 Å². The molecule has 1 aromatic heterocycles. The van der Waals surface area contributed by atoms with Crippen LogP contribution in [0, 0.1) is 0 Å². The molecule has 1 aliphatic heterocycles. The Balaban J connectivity index is 1.58. The van der Waals surface area contributed by atoms with Gasteiger partial charge >= 0.3 is 0 Å². The van der Waals surface area contributed by atoms with E-state index in [-0.39, 0.29) is 0 Å². The zero-order chi connectivity index (χ0) is 16.4.